The molecule has 0 spiro atoms. The van der Waals surface area contributed by atoms with E-state index in [0.717, 1.165) is 11.3 Å². The summed E-state index contributed by atoms with van der Waals surface area (Å²) in [5.41, 5.74) is 2.02. The van der Waals surface area contributed by atoms with Gasteiger partial charge in [0.2, 0.25) is 0 Å². The Bertz CT molecular complexity index is 566. The molecule has 0 aliphatic carbocycles. The number of rotatable bonds is 6. The third-order valence-electron chi connectivity index (χ3n) is 3.75. The van der Waals surface area contributed by atoms with E-state index in [1.807, 2.05) is 30.3 Å². The molecule has 112 valence electrons. The van der Waals surface area contributed by atoms with Gasteiger partial charge >= 0.3 is 0 Å². The van der Waals surface area contributed by atoms with E-state index < -0.39 is 6.10 Å². The molecule has 2 aromatic carbocycles. The van der Waals surface area contributed by atoms with Gasteiger partial charge in [-0.1, -0.05) is 37.3 Å². The summed E-state index contributed by atoms with van der Waals surface area (Å²) in [5, 5.41) is 10.5. The minimum Gasteiger partial charge on any atom is -0.497 e. The first-order valence-corrected chi connectivity index (χ1v) is 7.10. The number of ether oxygens (including phenoxy) is 2. The fourth-order valence-corrected chi connectivity index (χ4v) is 2.47. The molecule has 0 heterocycles. The van der Waals surface area contributed by atoms with Crippen molar-refractivity contribution in [1.82, 2.24) is 0 Å². The van der Waals surface area contributed by atoms with E-state index in [4.69, 9.17) is 9.47 Å². The number of hydrogen-bond acceptors (Lipinski definition) is 3. The number of aliphatic hydroxyl groups excluding tert-OH is 1. The summed E-state index contributed by atoms with van der Waals surface area (Å²) in [7, 11) is 3.22. The van der Waals surface area contributed by atoms with Crippen molar-refractivity contribution in [2.24, 2.45) is 0 Å². The van der Waals surface area contributed by atoms with Crippen molar-refractivity contribution in [3.05, 3.63) is 59.7 Å². The van der Waals surface area contributed by atoms with Crippen molar-refractivity contribution in [3.8, 4) is 11.5 Å². The van der Waals surface area contributed by atoms with Gasteiger partial charge in [0, 0.05) is 11.6 Å². The highest BCUT2D eigenvalue weighted by molar-refractivity contribution is 5.42. The average molecular weight is 286 g/mol. The average Bonchev–Trinajstić information content (AvgIpc) is 2.54. The molecule has 2 rings (SSSR count). The Hall–Kier alpha value is -2.00. The van der Waals surface area contributed by atoms with Crippen molar-refractivity contribution in [1.29, 1.82) is 0 Å². The van der Waals surface area contributed by atoms with Crippen LogP contribution in [0.2, 0.25) is 0 Å². The first-order valence-electron chi connectivity index (χ1n) is 7.10. The lowest BCUT2D eigenvalue weighted by molar-refractivity contribution is 0.155. The third kappa shape index (κ3) is 3.76. The number of aliphatic hydroxyl groups is 1. The highest BCUT2D eigenvalue weighted by Crippen LogP contribution is 2.34. The fraction of sp³-hybridized carbons (Fsp3) is 0.333. The van der Waals surface area contributed by atoms with Crippen LogP contribution in [0.3, 0.4) is 0 Å². The Morgan fingerprint density at radius 2 is 1.71 bits per heavy atom. The van der Waals surface area contributed by atoms with Crippen LogP contribution in [0.4, 0.5) is 0 Å². The van der Waals surface area contributed by atoms with E-state index in [1.54, 1.807) is 20.3 Å². The molecule has 0 saturated heterocycles. The second-order valence-electron chi connectivity index (χ2n) is 5.17. The Balaban J connectivity index is 2.14. The summed E-state index contributed by atoms with van der Waals surface area (Å²) in [6.07, 6.45) is 0.0771. The molecule has 0 aliphatic heterocycles. The molecule has 2 aromatic rings. The molecule has 1 N–H and O–H groups in total. The fourth-order valence-electron chi connectivity index (χ4n) is 2.47. The molecule has 2 unspecified atom stereocenters. The highest BCUT2D eigenvalue weighted by atomic mass is 16.5. The maximum atomic E-state index is 10.5. The number of methoxy groups -OCH3 is 2. The van der Waals surface area contributed by atoms with Gasteiger partial charge in [0.15, 0.2) is 0 Å². The van der Waals surface area contributed by atoms with Crippen LogP contribution in [0, 0.1) is 0 Å². The van der Waals surface area contributed by atoms with Crippen molar-refractivity contribution in [3.63, 3.8) is 0 Å². The van der Waals surface area contributed by atoms with Crippen molar-refractivity contribution in [2.45, 2.75) is 25.4 Å². The second kappa shape index (κ2) is 7.14. The molecule has 2 atom stereocenters. The van der Waals surface area contributed by atoms with Gasteiger partial charge in [0.1, 0.15) is 11.5 Å². The predicted molar refractivity (Wildman–Crippen MR) is 84.0 cm³/mol. The van der Waals surface area contributed by atoms with Gasteiger partial charge in [-0.3, -0.25) is 0 Å². The van der Waals surface area contributed by atoms with Crippen LogP contribution in [-0.2, 0) is 0 Å². The second-order valence-corrected chi connectivity index (χ2v) is 5.17. The third-order valence-corrected chi connectivity index (χ3v) is 3.75. The molecular formula is C18H22O3. The smallest absolute Gasteiger partial charge is 0.128 e. The summed E-state index contributed by atoms with van der Waals surface area (Å²) in [6, 6.07) is 15.7. The Kier molecular flexibility index (Phi) is 5.23. The van der Waals surface area contributed by atoms with Crippen LogP contribution in [0.1, 0.15) is 36.5 Å². The van der Waals surface area contributed by atoms with E-state index in [0.29, 0.717) is 12.2 Å². The molecular weight excluding hydrogens is 264 g/mol. The lowest BCUT2D eigenvalue weighted by atomic mass is 9.92. The van der Waals surface area contributed by atoms with Gasteiger partial charge in [-0.05, 0) is 30.0 Å². The Morgan fingerprint density at radius 1 is 1.00 bits per heavy atom. The first-order chi connectivity index (χ1) is 10.2. The van der Waals surface area contributed by atoms with Gasteiger partial charge < -0.3 is 14.6 Å². The predicted octanol–water partition coefficient (Wildman–Crippen LogP) is 3.93. The van der Waals surface area contributed by atoms with Crippen molar-refractivity contribution < 1.29 is 14.6 Å². The first kappa shape index (κ1) is 15.4. The summed E-state index contributed by atoms with van der Waals surface area (Å²) in [6.45, 7) is 2.12. The maximum Gasteiger partial charge on any atom is 0.128 e. The van der Waals surface area contributed by atoms with Gasteiger partial charge in [-0.15, -0.1) is 0 Å². The van der Waals surface area contributed by atoms with Crippen LogP contribution in [-0.4, -0.2) is 19.3 Å². The molecule has 0 radical (unpaired) electrons. The maximum absolute atomic E-state index is 10.5. The van der Waals surface area contributed by atoms with Crippen molar-refractivity contribution in [2.75, 3.05) is 14.2 Å². The van der Waals surface area contributed by atoms with E-state index in [1.165, 1.54) is 5.56 Å². The summed E-state index contributed by atoms with van der Waals surface area (Å²) in [4.78, 5) is 0. The van der Waals surface area contributed by atoms with Gasteiger partial charge in [-0.2, -0.15) is 0 Å². The number of hydrogen-bond donors (Lipinski definition) is 1. The van der Waals surface area contributed by atoms with Crippen LogP contribution < -0.4 is 9.47 Å². The minimum atomic E-state index is -0.568. The molecule has 0 fully saturated rings. The summed E-state index contributed by atoms with van der Waals surface area (Å²) in [5.74, 6) is 1.65. The zero-order valence-electron chi connectivity index (χ0n) is 12.7. The van der Waals surface area contributed by atoms with Gasteiger partial charge in [0.05, 0.1) is 20.3 Å². The van der Waals surface area contributed by atoms with Crippen LogP contribution in [0.15, 0.2) is 48.5 Å². The lowest BCUT2D eigenvalue weighted by Gasteiger charge is -2.19. The summed E-state index contributed by atoms with van der Waals surface area (Å²) >= 11 is 0. The monoisotopic (exact) mass is 286 g/mol. The van der Waals surface area contributed by atoms with Crippen LogP contribution in [0.25, 0.3) is 0 Å². The quantitative estimate of drug-likeness (QED) is 0.874. The molecule has 3 heteroatoms. The zero-order chi connectivity index (χ0) is 15.2. The Labute approximate surface area is 126 Å². The van der Waals surface area contributed by atoms with E-state index in [2.05, 4.69) is 19.1 Å². The molecule has 3 nitrogen and oxygen atoms in total. The molecule has 0 aliphatic rings. The summed E-state index contributed by atoms with van der Waals surface area (Å²) < 4.78 is 10.5. The molecule has 0 aromatic heterocycles. The standard InChI is InChI=1S/C18H22O3/c1-13(14-7-5-4-6-8-14)11-17(19)16-10-9-15(20-2)12-18(16)21-3/h4-10,12-13,17,19H,11H2,1-3H3. The lowest BCUT2D eigenvalue weighted by Crippen LogP contribution is -2.05. The van der Waals surface area contributed by atoms with Crippen molar-refractivity contribution >= 4 is 0 Å². The largest absolute Gasteiger partial charge is 0.497 e. The molecule has 21 heavy (non-hydrogen) atoms. The van der Waals surface area contributed by atoms with E-state index in [9.17, 15) is 5.11 Å². The van der Waals surface area contributed by atoms with E-state index in [-0.39, 0.29) is 5.92 Å². The van der Waals surface area contributed by atoms with Gasteiger partial charge in [0.25, 0.3) is 0 Å². The van der Waals surface area contributed by atoms with E-state index >= 15 is 0 Å². The van der Waals surface area contributed by atoms with Gasteiger partial charge in [-0.25, -0.2) is 0 Å². The molecule has 0 saturated carbocycles. The minimum absolute atomic E-state index is 0.271. The SMILES string of the molecule is COc1ccc(C(O)CC(C)c2ccccc2)c(OC)c1. The molecule has 0 amide bonds. The Morgan fingerprint density at radius 3 is 2.33 bits per heavy atom. The highest BCUT2D eigenvalue weighted by Gasteiger charge is 2.18. The topological polar surface area (TPSA) is 38.7 Å². The normalized spacial score (nSPS) is 13.5. The molecule has 0 bridgehead atoms. The van der Waals surface area contributed by atoms with Crippen LogP contribution in [0.5, 0.6) is 11.5 Å². The van der Waals surface area contributed by atoms with Crippen LogP contribution >= 0.6 is 0 Å². The zero-order valence-corrected chi connectivity index (χ0v) is 12.7. The number of benzene rings is 2.